The molecule has 1 aliphatic heterocycles. The van der Waals surface area contributed by atoms with Crippen LogP contribution in [-0.2, 0) is 11.3 Å². The number of carbonyl (C=O) groups is 1. The molecule has 1 saturated heterocycles. The van der Waals surface area contributed by atoms with E-state index < -0.39 is 0 Å². The summed E-state index contributed by atoms with van der Waals surface area (Å²) in [4.78, 5) is 20.6. The maximum Gasteiger partial charge on any atom is 0.241 e. The van der Waals surface area contributed by atoms with Gasteiger partial charge in [0.25, 0.3) is 0 Å². The lowest BCUT2D eigenvalue weighted by Gasteiger charge is -2.30. The lowest BCUT2D eigenvalue weighted by molar-refractivity contribution is -0.126. The van der Waals surface area contributed by atoms with Crippen LogP contribution in [0.3, 0.4) is 0 Å². The third kappa shape index (κ3) is 6.67. The summed E-state index contributed by atoms with van der Waals surface area (Å²) in [5.74, 6) is 2.50. The minimum atomic E-state index is 0.0917. The lowest BCUT2D eigenvalue weighted by atomic mass is 9.96. The van der Waals surface area contributed by atoms with Crippen LogP contribution >= 0.6 is 27.7 Å². The van der Waals surface area contributed by atoms with E-state index in [9.17, 15) is 4.79 Å². The maximum absolute atomic E-state index is 12.5. The van der Waals surface area contributed by atoms with E-state index in [4.69, 9.17) is 4.52 Å². The first-order valence-corrected chi connectivity index (χ1v) is 12.7. The number of piperidine rings is 1. The number of rotatable bonds is 9. The zero-order chi connectivity index (χ0) is 22.2. The van der Waals surface area contributed by atoms with Gasteiger partial charge in [-0.15, -0.1) is 11.8 Å². The maximum atomic E-state index is 12.5. The van der Waals surface area contributed by atoms with Gasteiger partial charge >= 0.3 is 0 Å². The molecule has 6 nitrogen and oxygen atoms in total. The molecule has 4 rings (SSSR count). The highest BCUT2D eigenvalue weighted by atomic mass is 79.9. The van der Waals surface area contributed by atoms with Crippen LogP contribution in [0, 0.1) is 5.92 Å². The predicted molar refractivity (Wildman–Crippen MR) is 130 cm³/mol. The summed E-state index contributed by atoms with van der Waals surface area (Å²) in [5.41, 5.74) is 0.931. The van der Waals surface area contributed by atoms with Gasteiger partial charge in [0.2, 0.25) is 17.6 Å². The van der Waals surface area contributed by atoms with Gasteiger partial charge in [-0.25, -0.2) is 0 Å². The van der Waals surface area contributed by atoms with Crippen molar-refractivity contribution in [3.8, 4) is 11.4 Å². The molecule has 1 aliphatic rings. The number of hydrogen-bond donors (Lipinski definition) is 1. The van der Waals surface area contributed by atoms with Crippen LogP contribution in [0.1, 0.15) is 25.2 Å². The van der Waals surface area contributed by atoms with Crippen molar-refractivity contribution in [3.63, 3.8) is 0 Å². The van der Waals surface area contributed by atoms with Crippen molar-refractivity contribution in [1.82, 2.24) is 20.4 Å². The SMILES string of the molecule is O=C(NCCCSc1ccccc1)C1CCN(Cc2nc(-c3ccc(Br)cc3)no2)CC1. The standard InChI is InChI=1S/C24H27BrN4O2S/c25-20-9-7-18(8-10-20)23-27-22(31-28-23)17-29-14-11-19(12-15-29)24(30)26-13-4-16-32-21-5-2-1-3-6-21/h1-3,5-10,19H,4,11-17H2,(H,26,30). The minimum absolute atomic E-state index is 0.0917. The molecule has 0 spiro atoms. The van der Waals surface area contributed by atoms with Gasteiger partial charge in [-0.05, 0) is 74.5 Å². The quantitative estimate of drug-likeness (QED) is 0.319. The van der Waals surface area contributed by atoms with Crippen molar-refractivity contribution in [2.45, 2.75) is 30.7 Å². The largest absolute Gasteiger partial charge is 0.356 e. The van der Waals surface area contributed by atoms with Crippen molar-refractivity contribution in [2.75, 3.05) is 25.4 Å². The number of hydrogen-bond acceptors (Lipinski definition) is 6. The molecule has 3 aromatic rings. The summed E-state index contributed by atoms with van der Waals surface area (Å²) < 4.78 is 6.46. The molecule has 0 radical (unpaired) electrons. The minimum Gasteiger partial charge on any atom is -0.356 e. The average molecular weight is 515 g/mol. The van der Waals surface area contributed by atoms with Crippen molar-refractivity contribution >= 4 is 33.6 Å². The van der Waals surface area contributed by atoms with E-state index in [-0.39, 0.29) is 11.8 Å². The monoisotopic (exact) mass is 514 g/mol. The number of likely N-dealkylation sites (tertiary alicyclic amines) is 1. The molecule has 0 saturated carbocycles. The van der Waals surface area contributed by atoms with Gasteiger partial charge in [0.1, 0.15) is 0 Å². The zero-order valence-electron chi connectivity index (χ0n) is 17.9. The summed E-state index contributed by atoms with van der Waals surface area (Å²) in [6.45, 7) is 3.07. The highest BCUT2D eigenvalue weighted by Gasteiger charge is 2.25. The van der Waals surface area contributed by atoms with Gasteiger partial charge in [0.05, 0.1) is 6.54 Å². The predicted octanol–water partition coefficient (Wildman–Crippen LogP) is 5.01. The Labute approximate surface area is 201 Å². The van der Waals surface area contributed by atoms with Gasteiger partial charge < -0.3 is 9.84 Å². The Balaban J connectivity index is 1.14. The van der Waals surface area contributed by atoms with Gasteiger partial charge in [-0.2, -0.15) is 4.98 Å². The molecule has 8 heteroatoms. The van der Waals surface area contributed by atoms with Crippen molar-refractivity contribution in [1.29, 1.82) is 0 Å². The van der Waals surface area contributed by atoms with E-state index in [0.717, 1.165) is 54.7 Å². The molecule has 0 aliphatic carbocycles. The van der Waals surface area contributed by atoms with E-state index in [1.807, 2.05) is 42.1 Å². The first-order chi connectivity index (χ1) is 15.7. The average Bonchev–Trinajstić information content (AvgIpc) is 3.29. The van der Waals surface area contributed by atoms with Crippen LogP contribution in [0.4, 0.5) is 0 Å². The first kappa shape index (κ1) is 23.0. The lowest BCUT2D eigenvalue weighted by Crippen LogP contribution is -2.40. The van der Waals surface area contributed by atoms with Gasteiger partial charge in [-0.3, -0.25) is 9.69 Å². The van der Waals surface area contributed by atoms with Crippen molar-refractivity contribution < 1.29 is 9.32 Å². The van der Waals surface area contributed by atoms with Crippen LogP contribution in [0.25, 0.3) is 11.4 Å². The number of nitrogens with zero attached hydrogens (tertiary/aromatic N) is 3. The molecular formula is C24H27BrN4O2S. The number of thioether (sulfide) groups is 1. The topological polar surface area (TPSA) is 71.3 Å². The summed E-state index contributed by atoms with van der Waals surface area (Å²) in [7, 11) is 0. The van der Waals surface area contributed by atoms with Gasteiger partial charge in [0.15, 0.2) is 0 Å². The van der Waals surface area contributed by atoms with Gasteiger partial charge in [0, 0.05) is 27.4 Å². The normalized spacial score (nSPS) is 15.0. The molecule has 1 amide bonds. The summed E-state index contributed by atoms with van der Waals surface area (Å²) in [6, 6.07) is 18.2. The third-order valence-corrected chi connectivity index (χ3v) is 7.15. The van der Waals surface area contributed by atoms with Crippen LogP contribution in [0.15, 0.2) is 68.5 Å². The van der Waals surface area contributed by atoms with E-state index in [1.54, 1.807) is 0 Å². The first-order valence-electron chi connectivity index (χ1n) is 10.9. The molecule has 32 heavy (non-hydrogen) atoms. The Morgan fingerprint density at radius 3 is 2.62 bits per heavy atom. The second kappa shape index (κ2) is 11.6. The highest BCUT2D eigenvalue weighted by molar-refractivity contribution is 9.10. The van der Waals surface area contributed by atoms with E-state index in [1.165, 1.54) is 4.90 Å². The molecule has 1 aromatic heterocycles. The molecule has 1 fully saturated rings. The molecule has 2 aromatic carbocycles. The fourth-order valence-corrected chi connectivity index (χ4v) is 4.85. The molecule has 168 valence electrons. The number of carbonyl (C=O) groups excluding carboxylic acids is 1. The number of amides is 1. The Kier molecular flexibility index (Phi) is 8.36. The molecule has 1 N–H and O–H groups in total. The molecule has 2 heterocycles. The third-order valence-electron chi connectivity index (χ3n) is 5.52. The Bertz CT molecular complexity index is 989. The second-order valence-electron chi connectivity index (χ2n) is 7.88. The van der Waals surface area contributed by atoms with Crippen LogP contribution < -0.4 is 5.32 Å². The van der Waals surface area contributed by atoms with Crippen LogP contribution in [0.5, 0.6) is 0 Å². The fraction of sp³-hybridized carbons (Fsp3) is 0.375. The fourth-order valence-electron chi connectivity index (χ4n) is 3.71. The number of nitrogens with one attached hydrogen (secondary N) is 1. The smallest absolute Gasteiger partial charge is 0.241 e. The summed E-state index contributed by atoms with van der Waals surface area (Å²) >= 11 is 5.26. The molecule has 0 bridgehead atoms. The van der Waals surface area contributed by atoms with E-state index >= 15 is 0 Å². The summed E-state index contributed by atoms with van der Waals surface area (Å²) in [5, 5.41) is 7.21. The van der Waals surface area contributed by atoms with E-state index in [0.29, 0.717) is 18.3 Å². The Morgan fingerprint density at radius 1 is 1.12 bits per heavy atom. The van der Waals surface area contributed by atoms with E-state index in [2.05, 4.69) is 60.6 Å². The molecule has 0 unspecified atom stereocenters. The second-order valence-corrected chi connectivity index (χ2v) is 9.96. The Morgan fingerprint density at radius 2 is 1.88 bits per heavy atom. The number of halogens is 1. The Hall–Kier alpha value is -2.16. The molecule has 0 atom stereocenters. The molecular weight excluding hydrogens is 488 g/mol. The number of aromatic nitrogens is 2. The van der Waals surface area contributed by atoms with Crippen molar-refractivity contribution in [3.05, 3.63) is 65.0 Å². The van der Waals surface area contributed by atoms with Crippen molar-refractivity contribution in [2.24, 2.45) is 5.92 Å². The highest BCUT2D eigenvalue weighted by Crippen LogP contribution is 2.22. The number of benzene rings is 2. The van der Waals surface area contributed by atoms with Gasteiger partial charge in [-0.1, -0.05) is 39.3 Å². The zero-order valence-corrected chi connectivity index (χ0v) is 20.3. The van der Waals surface area contributed by atoms with Crippen LogP contribution in [0.2, 0.25) is 0 Å². The summed E-state index contributed by atoms with van der Waals surface area (Å²) in [6.07, 6.45) is 2.69. The van der Waals surface area contributed by atoms with Crippen LogP contribution in [-0.4, -0.2) is 46.3 Å².